The van der Waals surface area contributed by atoms with Crippen molar-refractivity contribution < 1.29 is 14.3 Å². The molecular weight excluding hydrogens is 364 g/mol. The van der Waals surface area contributed by atoms with Crippen LogP contribution in [0.15, 0.2) is 42.5 Å². The number of para-hydroxylation sites is 1. The number of ether oxygens (including phenoxy) is 2. The van der Waals surface area contributed by atoms with Crippen molar-refractivity contribution in [1.29, 1.82) is 0 Å². The molecule has 0 fully saturated rings. The van der Waals surface area contributed by atoms with Crippen molar-refractivity contribution >= 4 is 24.0 Å². The summed E-state index contributed by atoms with van der Waals surface area (Å²) in [4.78, 5) is 12.1. The number of halogens is 1. The van der Waals surface area contributed by atoms with E-state index < -0.39 is 0 Å². The lowest BCUT2D eigenvalue weighted by atomic mass is 10.1. The minimum absolute atomic E-state index is 0. The lowest BCUT2D eigenvalue weighted by Gasteiger charge is -2.12. The van der Waals surface area contributed by atoms with Gasteiger partial charge < -0.3 is 20.5 Å². The largest absolute Gasteiger partial charge is 0.493 e. The average molecular weight is 393 g/mol. The summed E-state index contributed by atoms with van der Waals surface area (Å²) in [6, 6.07) is 13.4. The number of carbonyl (C=O) groups is 1. The number of nitrogens with two attached hydrogens (primary N) is 1. The molecule has 2 aromatic rings. The molecule has 0 bridgehead atoms. The van der Waals surface area contributed by atoms with Crippen molar-refractivity contribution in [3.05, 3.63) is 53.6 Å². The molecule has 2 rings (SSSR count). The molecule has 0 radical (unpaired) electrons. The van der Waals surface area contributed by atoms with Crippen molar-refractivity contribution in [2.24, 2.45) is 0 Å². The predicted molar refractivity (Wildman–Crippen MR) is 112 cm³/mol. The molecule has 2 aromatic carbocycles. The topological polar surface area (TPSA) is 73.6 Å². The van der Waals surface area contributed by atoms with Crippen LogP contribution in [0.2, 0.25) is 0 Å². The maximum Gasteiger partial charge on any atom is 0.220 e. The van der Waals surface area contributed by atoms with E-state index in [-0.39, 0.29) is 18.3 Å². The van der Waals surface area contributed by atoms with E-state index in [0.29, 0.717) is 31.7 Å². The molecule has 0 saturated heterocycles. The zero-order chi connectivity index (χ0) is 18.8. The molecule has 6 heteroatoms. The van der Waals surface area contributed by atoms with E-state index in [1.165, 1.54) is 0 Å². The summed E-state index contributed by atoms with van der Waals surface area (Å²) >= 11 is 0. The van der Waals surface area contributed by atoms with Crippen LogP contribution in [0.5, 0.6) is 11.5 Å². The lowest BCUT2D eigenvalue weighted by Crippen LogP contribution is -2.23. The molecule has 0 aromatic heterocycles. The molecule has 0 aliphatic heterocycles. The van der Waals surface area contributed by atoms with E-state index in [1.54, 1.807) is 7.11 Å². The molecule has 1 amide bonds. The third-order valence-corrected chi connectivity index (χ3v) is 4.15. The Balaban J connectivity index is 0.00000364. The van der Waals surface area contributed by atoms with Crippen LogP contribution >= 0.6 is 12.4 Å². The van der Waals surface area contributed by atoms with Crippen LogP contribution in [0.25, 0.3) is 0 Å². The van der Waals surface area contributed by atoms with Gasteiger partial charge in [0.15, 0.2) is 11.5 Å². The zero-order valence-electron chi connectivity index (χ0n) is 16.0. The highest BCUT2D eigenvalue weighted by Gasteiger charge is 2.08. The Morgan fingerprint density at radius 1 is 1.15 bits per heavy atom. The summed E-state index contributed by atoms with van der Waals surface area (Å²) in [7, 11) is 1.62. The van der Waals surface area contributed by atoms with Gasteiger partial charge in [0, 0.05) is 18.7 Å². The molecule has 0 heterocycles. The van der Waals surface area contributed by atoms with Gasteiger partial charge in [0.1, 0.15) is 0 Å². The summed E-state index contributed by atoms with van der Waals surface area (Å²) in [5.41, 5.74) is 8.60. The summed E-state index contributed by atoms with van der Waals surface area (Å²) in [5, 5.41) is 2.94. The highest BCUT2D eigenvalue weighted by atomic mass is 35.5. The second-order valence-corrected chi connectivity index (χ2v) is 6.16. The highest BCUT2D eigenvalue weighted by Crippen LogP contribution is 2.28. The third-order valence-electron chi connectivity index (χ3n) is 4.15. The monoisotopic (exact) mass is 392 g/mol. The first-order valence-electron chi connectivity index (χ1n) is 9.03. The number of nitrogen functional groups attached to an aromatic ring is 1. The van der Waals surface area contributed by atoms with Gasteiger partial charge in [-0.3, -0.25) is 4.79 Å². The fourth-order valence-electron chi connectivity index (χ4n) is 2.57. The normalized spacial score (nSPS) is 10.0. The number of nitrogens with one attached hydrogen (secondary N) is 1. The van der Waals surface area contributed by atoms with Gasteiger partial charge >= 0.3 is 0 Å². The van der Waals surface area contributed by atoms with Crippen molar-refractivity contribution in [2.45, 2.75) is 39.2 Å². The van der Waals surface area contributed by atoms with Crippen LogP contribution in [0, 0.1) is 0 Å². The standard InChI is InChI=1S/C21H28N2O3.ClH/c1-3-4-13-26-19-11-9-16(14-20(19)25-2)15-23-21(24)12-10-17-7-5-6-8-18(17)22;/h5-9,11,14H,3-4,10,12-13,15,22H2,1-2H3,(H,23,24);1H. The lowest BCUT2D eigenvalue weighted by molar-refractivity contribution is -0.121. The van der Waals surface area contributed by atoms with Crippen LogP contribution in [0.4, 0.5) is 5.69 Å². The molecular formula is C21H29ClN2O3. The smallest absolute Gasteiger partial charge is 0.220 e. The number of rotatable bonds is 10. The second kappa shape index (κ2) is 12.1. The number of aryl methyl sites for hydroxylation is 1. The maximum atomic E-state index is 12.1. The SMILES string of the molecule is CCCCOc1ccc(CNC(=O)CCc2ccccc2N)cc1OC.Cl. The minimum atomic E-state index is -0.00417. The van der Waals surface area contributed by atoms with Gasteiger partial charge in [0.25, 0.3) is 0 Å². The number of carbonyl (C=O) groups excluding carboxylic acids is 1. The van der Waals surface area contributed by atoms with Gasteiger partial charge in [0.05, 0.1) is 13.7 Å². The van der Waals surface area contributed by atoms with Crippen LogP contribution in [0.1, 0.15) is 37.3 Å². The molecule has 148 valence electrons. The van der Waals surface area contributed by atoms with Crippen molar-refractivity contribution in [1.82, 2.24) is 5.32 Å². The molecule has 0 spiro atoms. The summed E-state index contributed by atoms with van der Waals surface area (Å²) in [6.07, 6.45) is 3.13. The van der Waals surface area contributed by atoms with Crippen LogP contribution < -0.4 is 20.5 Å². The molecule has 0 aliphatic carbocycles. The van der Waals surface area contributed by atoms with Crippen molar-refractivity contribution in [3.63, 3.8) is 0 Å². The predicted octanol–water partition coefficient (Wildman–Crippen LogP) is 4.13. The summed E-state index contributed by atoms with van der Waals surface area (Å²) < 4.78 is 11.1. The number of anilines is 1. The Morgan fingerprint density at radius 2 is 1.93 bits per heavy atom. The molecule has 0 atom stereocenters. The molecule has 0 saturated carbocycles. The van der Waals surface area contributed by atoms with Crippen LogP contribution in [-0.2, 0) is 17.8 Å². The highest BCUT2D eigenvalue weighted by molar-refractivity contribution is 5.85. The summed E-state index contributed by atoms with van der Waals surface area (Å²) in [5.74, 6) is 1.41. The van der Waals surface area contributed by atoms with Crippen molar-refractivity contribution in [3.8, 4) is 11.5 Å². The quantitative estimate of drug-likeness (QED) is 0.471. The van der Waals surface area contributed by atoms with Crippen molar-refractivity contribution in [2.75, 3.05) is 19.5 Å². The second-order valence-electron chi connectivity index (χ2n) is 6.16. The summed E-state index contributed by atoms with van der Waals surface area (Å²) in [6.45, 7) is 3.25. The molecule has 0 unspecified atom stereocenters. The number of hydrogen-bond donors (Lipinski definition) is 2. The first-order valence-corrected chi connectivity index (χ1v) is 9.03. The number of unbranched alkanes of at least 4 members (excludes halogenated alkanes) is 1. The molecule has 5 nitrogen and oxygen atoms in total. The average Bonchev–Trinajstić information content (AvgIpc) is 2.66. The zero-order valence-corrected chi connectivity index (χ0v) is 16.8. The van der Waals surface area contributed by atoms with E-state index in [0.717, 1.165) is 35.4 Å². The Morgan fingerprint density at radius 3 is 2.63 bits per heavy atom. The van der Waals surface area contributed by atoms with Gasteiger partial charge in [-0.05, 0) is 42.2 Å². The van der Waals surface area contributed by atoms with Gasteiger partial charge in [-0.15, -0.1) is 12.4 Å². The first kappa shape index (κ1) is 22.6. The van der Waals surface area contributed by atoms with Crippen LogP contribution in [0.3, 0.4) is 0 Å². The molecule has 27 heavy (non-hydrogen) atoms. The van der Waals surface area contributed by atoms with E-state index in [1.807, 2.05) is 42.5 Å². The molecule has 3 N–H and O–H groups in total. The Kier molecular flexibility index (Phi) is 10.1. The number of benzene rings is 2. The number of hydrogen-bond acceptors (Lipinski definition) is 4. The van der Waals surface area contributed by atoms with Gasteiger partial charge in [0.2, 0.25) is 5.91 Å². The minimum Gasteiger partial charge on any atom is -0.493 e. The Hall–Kier alpha value is -2.40. The molecule has 0 aliphatic rings. The van der Waals surface area contributed by atoms with E-state index in [4.69, 9.17) is 15.2 Å². The maximum absolute atomic E-state index is 12.1. The number of amides is 1. The van der Waals surface area contributed by atoms with E-state index in [9.17, 15) is 4.79 Å². The van der Waals surface area contributed by atoms with E-state index >= 15 is 0 Å². The van der Waals surface area contributed by atoms with Gasteiger partial charge in [-0.2, -0.15) is 0 Å². The van der Waals surface area contributed by atoms with E-state index in [2.05, 4.69) is 12.2 Å². The fourth-order valence-corrected chi connectivity index (χ4v) is 2.57. The third kappa shape index (κ3) is 7.39. The van der Waals surface area contributed by atoms with Crippen LogP contribution in [-0.4, -0.2) is 19.6 Å². The number of methoxy groups -OCH3 is 1. The Bertz CT molecular complexity index is 722. The van der Waals surface area contributed by atoms with Gasteiger partial charge in [-0.25, -0.2) is 0 Å². The Labute approximate surface area is 167 Å². The first-order chi connectivity index (χ1) is 12.6. The van der Waals surface area contributed by atoms with Gasteiger partial charge in [-0.1, -0.05) is 37.6 Å². The fraction of sp³-hybridized carbons (Fsp3) is 0.381.